The Morgan fingerprint density at radius 2 is 2.20 bits per heavy atom. The number of H-pyrrole nitrogens is 1. The second-order valence-corrected chi connectivity index (χ2v) is 4.20. The Kier molecular flexibility index (Phi) is 3.92. The molecule has 0 saturated carbocycles. The lowest BCUT2D eigenvalue weighted by atomic mass is 10.1. The first-order valence-electron chi connectivity index (χ1n) is 5.68. The number of rotatable bonds is 4. The Balaban J connectivity index is 2.04. The SMILES string of the molecule is CN(Cc1noc(=O)[nH]1)C(=O)Cc1cc(F)ccc1F. The average molecular weight is 283 g/mol. The summed E-state index contributed by atoms with van der Waals surface area (Å²) in [4.78, 5) is 26.1. The van der Waals surface area contributed by atoms with Crippen LogP contribution < -0.4 is 5.76 Å². The van der Waals surface area contributed by atoms with Crippen molar-refractivity contribution in [1.82, 2.24) is 15.0 Å². The average Bonchev–Trinajstić information content (AvgIpc) is 2.79. The van der Waals surface area contributed by atoms with Crippen molar-refractivity contribution < 1.29 is 18.1 Å². The molecular weight excluding hydrogens is 272 g/mol. The largest absolute Gasteiger partial charge is 0.438 e. The number of hydrogen-bond donors (Lipinski definition) is 1. The molecule has 106 valence electrons. The molecule has 1 N–H and O–H groups in total. The first-order chi connectivity index (χ1) is 9.45. The number of amides is 1. The zero-order valence-electron chi connectivity index (χ0n) is 10.5. The van der Waals surface area contributed by atoms with E-state index in [-0.39, 0.29) is 24.4 Å². The van der Waals surface area contributed by atoms with Crippen LogP contribution in [0.25, 0.3) is 0 Å². The van der Waals surface area contributed by atoms with Crippen LogP contribution in [0, 0.1) is 11.6 Å². The molecule has 0 spiro atoms. The van der Waals surface area contributed by atoms with E-state index in [1.165, 1.54) is 11.9 Å². The lowest BCUT2D eigenvalue weighted by molar-refractivity contribution is -0.129. The molecule has 6 nitrogen and oxygen atoms in total. The summed E-state index contributed by atoms with van der Waals surface area (Å²) < 4.78 is 30.7. The van der Waals surface area contributed by atoms with Gasteiger partial charge in [0.25, 0.3) is 0 Å². The third kappa shape index (κ3) is 3.28. The summed E-state index contributed by atoms with van der Waals surface area (Å²) in [7, 11) is 1.45. The number of carbonyl (C=O) groups is 1. The van der Waals surface area contributed by atoms with E-state index >= 15 is 0 Å². The number of aromatic nitrogens is 2. The van der Waals surface area contributed by atoms with Gasteiger partial charge in [0.1, 0.15) is 11.6 Å². The molecule has 0 atom stereocenters. The minimum absolute atomic E-state index is 0.00150. The number of hydrogen-bond acceptors (Lipinski definition) is 4. The molecule has 0 aliphatic heterocycles. The normalized spacial score (nSPS) is 10.6. The van der Waals surface area contributed by atoms with Crippen LogP contribution in [0.2, 0.25) is 0 Å². The van der Waals surface area contributed by atoms with Crippen LogP contribution in [-0.2, 0) is 17.8 Å². The second kappa shape index (κ2) is 5.64. The highest BCUT2D eigenvalue weighted by Gasteiger charge is 2.15. The van der Waals surface area contributed by atoms with Crippen molar-refractivity contribution in [3.05, 3.63) is 51.8 Å². The van der Waals surface area contributed by atoms with Gasteiger partial charge in [-0.05, 0) is 18.2 Å². The molecule has 0 fully saturated rings. The maximum atomic E-state index is 13.4. The highest BCUT2D eigenvalue weighted by molar-refractivity contribution is 5.78. The monoisotopic (exact) mass is 283 g/mol. The molecule has 20 heavy (non-hydrogen) atoms. The molecule has 1 amide bonds. The van der Waals surface area contributed by atoms with Crippen LogP contribution in [0.15, 0.2) is 27.5 Å². The Morgan fingerprint density at radius 3 is 2.85 bits per heavy atom. The fourth-order valence-corrected chi connectivity index (χ4v) is 1.62. The maximum Gasteiger partial charge on any atom is 0.438 e. The molecule has 0 saturated heterocycles. The van der Waals surface area contributed by atoms with Crippen molar-refractivity contribution in [2.75, 3.05) is 7.05 Å². The molecule has 1 aromatic carbocycles. The van der Waals surface area contributed by atoms with Crippen molar-refractivity contribution in [3.63, 3.8) is 0 Å². The first kappa shape index (κ1) is 13.9. The third-order valence-electron chi connectivity index (χ3n) is 2.65. The molecule has 8 heteroatoms. The van der Waals surface area contributed by atoms with E-state index in [0.717, 1.165) is 18.2 Å². The summed E-state index contributed by atoms with van der Waals surface area (Å²) in [5.41, 5.74) is -0.0319. The lowest BCUT2D eigenvalue weighted by Gasteiger charge is -2.15. The van der Waals surface area contributed by atoms with Crippen molar-refractivity contribution in [2.45, 2.75) is 13.0 Å². The van der Waals surface area contributed by atoms with Gasteiger partial charge in [0.2, 0.25) is 5.91 Å². The summed E-state index contributed by atoms with van der Waals surface area (Å²) in [6.45, 7) is 0.00150. The van der Waals surface area contributed by atoms with Crippen LogP contribution in [0.1, 0.15) is 11.4 Å². The second-order valence-electron chi connectivity index (χ2n) is 4.20. The van der Waals surface area contributed by atoms with Crippen LogP contribution in [0.3, 0.4) is 0 Å². The predicted molar refractivity (Wildman–Crippen MR) is 63.7 cm³/mol. The number of carbonyl (C=O) groups excluding carboxylic acids is 1. The van der Waals surface area contributed by atoms with Crippen molar-refractivity contribution in [1.29, 1.82) is 0 Å². The summed E-state index contributed by atoms with van der Waals surface area (Å²) in [5, 5.41) is 3.41. The number of likely N-dealkylation sites (N-methyl/N-ethyl adjacent to an activating group) is 1. The van der Waals surface area contributed by atoms with E-state index in [0.29, 0.717) is 0 Å². The highest BCUT2D eigenvalue weighted by atomic mass is 19.1. The minimum atomic E-state index is -0.725. The number of aromatic amines is 1. The Hall–Kier alpha value is -2.51. The quantitative estimate of drug-likeness (QED) is 0.902. The standard InChI is InChI=1S/C12H11F2N3O3/c1-17(6-10-15-12(19)20-16-10)11(18)5-7-4-8(13)2-3-9(7)14/h2-4H,5-6H2,1H3,(H,15,16,19). The minimum Gasteiger partial charge on any atom is -0.338 e. The Morgan fingerprint density at radius 1 is 1.45 bits per heavy atom. The first-order valence-corrected chi connectivity index (χ1v) is 5.68. The zero-order chi connectivity index (χ0) is 14.7. The zero-order valence-corrected chi connectivity index (χ0v) is 10.5. The smallest absolute Gasteiger partial charge is 0.338 e. The van der Waals surface area contributed by atoms with Crippen LogP contribution in [0.4, 0.5) is 8.78 Å². The summed E-state index contributed by atoms with van der Waals surface area (Å²) in [6.07, 6.45) is -0.290. The number of nitrogens with one attached hydrogen (secondary N) is 1. The fraction of sp³-hybridized carbons (Fsp3) is 0.250. The molecular formula is C12H11F2N3O3. The Labute approximate surface area is 112 Å². The fourth-order valence-electron chi connectivity index (χ4n) is 1.62. The summed E-state index contributed by atoms with van der Waals surface area (Å²) >= 11 is 0. The van der Waals surface area contributed by atoms with E-state index in [1.54, 1.807) is 0 Å². The van der Waals surface area contributed by atoms with E-state index in [2.05, 4.69) is 14.7 Å². The van der Waals surface area contributed by atoms with E-state index < -0.39 is 23.3 Å². The molecule has 2 aromatic rings. The van der Waals surface area contributed by atoms with Gasteiger partial charge in [0, 0.05) is 12.6 Å². The predicted octanol–water partition coefficient (Wildman–Crippen LogP) is 0.842. The summed E-state index contributed by atoms with van der Waals surface area (Å²) in [5.74, 6) is -2.26. The highest BCUT2D eigenvalue weighted by Crippen LogP contribution is 2.11. The van der Waals surface area contributed by atoms with E-state index in [4.69, 9.17) is 0 Å². The van der Waals surface area contributed by atoms with Crippen molar-refractivity contribution in [3.8, 4) is 0 Å². The third-order valence-corrected chi connectivity index (χ3v) is 2.65. The van der Waals surface area contributed by atoms with Gasteiger partial charge in [-0.3, -0.25) is 14.3 Å². The van der Waals surface area contributed by atoms with E-state index in [1.807, 2.05) is 0 Å². The van der Waals surface area contributed by atoms with Gasteiger partial charge >= 0.3 is 5.76 Å². The molecule has 1 aromatic heterocycles. The van der Waals surface area contributed by atoms with Gasteiger partial charge in [-0.25, -0.2) is 13.6 Å². The molecule has 0 aliphatic rings. The summed E-state index contributed by atoms with van der Waals surface area (Å²) in [6, 6.07) is 2.92. The van der Waals surface area contributed by atoms with Gasteiger partial charge in [-0.15, -0.1) is 0 Å². The van der Waals surface area contributed by atoms with Gasteiger partial charge < -0.3 is 4.90 Å². The van der Waals surface area contributed by atoms with Gasteiger partial charge in [-0.1, -0.05) is 5.16 Å². The Bertz CT molecular complexity index is 681. The number of benzene rings is 1. The van der Waals surface area contributed by atoms with Gasteiger partial charge in [0.15, 0.2) is 5.82 Å². The van der Waals surface area contributed by atoms with E-state index in [9.17, 15) is 18.4 Å². The molecule has 1 heterocycles. The van der Waals surface area contributed by atoms with Crippen LogP contribution >= 0.6 is 0 Å². The number of nitrogens with zero attached hydrogens (tertiary/aromatic N) is 2. The van der Waals surface area contributed by atoms with Gasteiger partial charge in [-0.2, -0.15) is 0 Å². The lowest BCUT2D eigenvalue weighted by Crippen LogP contribution is -2.28. The topological polar surface area (TPSA) is 79.2 Å². The molecule has 0 radical (unpaired) electrons. The molecule has 0 aliphatic carbocycles. The van der Waals surface area contributed by atoms with Crippen molar-refractivity contribution in [2.24, 2.45) is 0 Å². The van der Waals surface area contributed by atoms with Crippen LogP contribution in [0.5, 0.6) is 0 Å². The molecule has 0 bridgehead atoms. The number of halogens is 2. The molecule has 0 unspecified atom stereocenters. The van der Waals surface area contributed by atoms with Crippen molar-refractivity contribution >= 4 is 5.91 Å². The van der Waals surface area contributed by atoms with Gasteiger partial charge in [0.05, 0.1) is 13.0 Å². The van der Waals surface area contributed by atoms with Crippen LogP contribution in [-0.4, -0.2) is 28.0 Å². The maximum absolute atomic E-state index is 13.4. The molecule has 2 rings (SSSR count).